The van der Waals surface area contributed by atoms with Gasteiger partial charge in [0, 0.05) is 33.4 Å². The van der Waals surface area contributed by atoms with Crippen LogP contribution in [0, 0.1) is 11.8 Å². The summed E-state index contributed by atoms with van der Waals surface area (Å²) in [6, 6.07) is 11.8. The molecule has 2 aliphatic rings. The molecule has 1 saturated heterocycles. The Labute approximate surface area is 176 Å². The molecule has 5 rings (SSSR count). The average Bonchev–Trinajstić information content (AvgIpc) is 3.36. The zero-order chi connectivity index (χ0) is 20.8. The summed E-state index contributed by atoms with van der Waals surface area (Å²) in [5.74, 6) is 1.59. The fourth-order valence-corrected chi connectivity index (χ4v) is 5.07. The summed E-state index contributed by atoms with van der Waals surface area (Å²) in [4.78, 5) is 25.8. The Morgan fingerprint density at radius 2 is 1.83 bits per heavy atom. The first-order valence-electron chi connectivity index (χ1n) is 10.5. The molecule has 30 heavy (non-hydrogen) atoms. The molecule has 1 saturated carbocycles. The predicted molar refractivity (Wildman–Crippen MR) is 115 cm³/mol. The van der Waals surface area contributed by atoms with E-state index in [4.69, 9.17) is 0 Å². The highest BCUT2D eigenvalue weighted by Gasteiger charge is 2.43. The molecule has 0 spiro atoms. The van der Waals surface area contributed by atoms with Gasteiger partial charge in [-0.25, -0.2) is 9.97 Å². The van der Waals surface area contributed by atoms with Gasteiger partial charge in [-0.1, -0.05) is 12.1 Å². The van der Waals surface area contributed by atoms with E-state index < -0.39 is 6.10 Å². The van der Waals surface area contributed by atoms with Crippen LogP contribution in [0.2, 0.25) is 0 Å². The van der Waals surface area contributed by atoms with Gasteiger partial charge in [-0.2, -0.15) is 0 Å². The van der Waals surface area contributed by atoms with Crippen LogP contribution in [0.3, 0.4) is 0 Å². The van der Waals surface area contributed by atoms with Crippen molar-refractivity contribution in [3.63, 3.8) is 0 Å². The SMILES string of the molecule is CN(C)c1ccc(C(=O)N2C[C@H]3C[C@@H](n4cnc5ccccc54)[C@H](O)C[C@H]3C2)cn1. The zero-order valence-electron chi connectivity index (χ0n) is 17.3. The fourth-order valence-electron chi connectivity index (χ4n) is 5.07. The van der Waals surface area contributed by atoms with Crippen LogP contribution in [0.25, 0.3) is 11.0 Å². The Bertz CT molecular complexity index is 1060. The van der Waals surface area contributed by atoms with Crippen molar-refractivity contribution in [1.29, 1.82) is 0 Å². The number of pyridine rings is 1. The molecule has 1 aromatic carbocycles. The number of carbonyl (C=O) groups excluding carboxylic acids is 1. The van der Waals surface area contributed by atoms with Gasteiger partial charge in [0.15, 0.2) is 0 Å². The second-order valence-corrected chi connectivity index (χ2v) is 8.78. The molecule has 1 aliphatic carbocycles. The number of likely N-dealkylation sites (tertiary alicyclic amines) is 1. The minimum absolute atomic E-state index is 0.00487. The van der Waals surface area contributed by atoms with Gasteiger partial charge in [0.2, 0.25) is 0 Å². The van der Waals surface area contributed by atoms with Gasteiger partial charge in [-0.3, -0.25) is 4.79 Å². The largest absolute Gasteiger partial charge is 0.391 e. The number of para-hydroxylation sites is 2. The first-order valence-corrected chi connectivity index (χ1v) is 10.5. The molecular formula is C23H27N5O2. The van der Waals surface area contributed by atoms with E-state index in [0.717, 1.165) is 29.8 Å². The van der Waals surface area contributed by atoms with Crippen molar-refractivity contribution in [2.75, 3.05) is 32.1 Å². The van der Waals surface area contributed by atoms with Gasteiger partial charge in [-0.15, -0.1) is 0 Å². The van der Waals surface area contributed by atoms with Gasteiger partial charge in [0.1, 0.15) is 5.82 Å². The van der Waals surface area contributed by atoms with E-state index in [1.165, 1.54) is 0 Å². The molecule has 1 aliphatic heterocycles. The monoisotopic (exact) mass is 405 g/mol. The second kappa shape index (κ2) is 7.40. The van der Waals surface area contributed by atoms with Crippen molar-refractivity contribution in [2.45, 2.75) is 25.0 Å². The van der Waals surface area contributed by atoms with Crippen LogP contribution in [0.1, 0.15) is 29.2 Å². The van der Waals surface area contributed by atoms with Crippen LogP contribution in [-0.4, -0.2) is 63.7 Å². The molecule has 3 heterocycles. The smallest absolute Gasteiger partial charge is 0.255 e. The summed E-state index contributed by atoms with van der Waals surface area (Å²) in [5.41, 5.74) is 2.62. The van der Waals surface area contributed by atoms with Crippen molar-refractivity contribution in [3.8, 4) is 0 Å². The summed E-state index contributed by atoms with van der Waals surface area (Å²) in [5, 5.41) is 10.9. The highest BCUT2D eigenvalue weighted by Crippen LogP contribution is 2.42. The van der Waals surface area contributed by atoms with E-state index >= 15 is 0 Å². The van der Waals surface area contributed by atoms with Crippen LogP contribution in [0.15, 0.2) is 48.9 Å². The number of hydrogen-bond acceptors (Lipinski definition) is 5. The Hall–Kier alpha value is -2.93. The molecule has 1 amide bonds. The minimum atomic E-state index is -0.431. The number of imidazole rings is 1. The topological polar surface area (TPSA) is 74.5 Å². The first kappa shape index (κ1) is 19.1. The standard InChI is InChI=1S/C23H27N5O2/c1-26(2)22-8-7-15(11-24-22)23(30)27-12-16-9-20(21(29)10-17(16)13-27)28-14-25-18-5-3-4-6-19(18)28/h3-8,11,14,16-17,20-21,29H,9-10,12-13H2,1-2H3/t16-,17+,20-,21-/m1/s1. The number of aliphatic hydroxyl groups is 1. The van der Waals surface area contributed by atoms with E-state index in [-0.39, 0.29) is 11.9 Å². The number of anilines is 1. The molecule has 4 atom stereocenters. The van der Waals surface area contributed by atoms with Crippen molar-refractivity contribution in [1.82, 2.24) is 19.4 Å². The third-order valence-corrected chi connectivity index (χ3v) is 6.69. The molecule has 0 unspecified atom stereocenters. The number of aliphatic hydroxyl groups excluding tert-OH is 1. The number of aromatic nitrogens is 3. The quantitative estimate of drug-likeness (QED) is 0.725. The Morgan fingerprint density at radius 3 is 2.57 bits per heavy atom. The van der Waals surface area contributed by atoms with Crippen molar-refractivity contribution >= 4 is 22.8 Å². The second-order valence-electron chi connectivity index (χ2n) is 8.78. The molecule has 156 valence electrons. The maximum Gasteiger partial charge on any atom is 0.255 e. The zero-order valence-corrected chi connectivity index (χ0v) is 17.3. The molecule has 3 aromatic rings. The van der Waals surface area contributed by atoms with Crippen LogP contribution >= 0.6 is 0 Å². The maximum absolute atomic E-state index is 13.0. The highest BCUT2D eigenvalue weighted by atomic mass is 16.3. The lowest BCUT2D eigenvalue weighted by molar-refractivity contribution is 0.0374. The first-order chi connectivity index (χ1) is 14.5. The molecule has 2 fully saturated rings. The third kappa shape index (κ3) is 3.23. The number of carbonyl (C=O) groups is 1. The summed E-state index contributed by atoms with van der Waals surface area (Å²) < 4.78 is 2.12. The van der Waals surface area contributed by atoms with Gasteiger partial charge >= 0.3 is 0 Å². The van der Waals surface area contributed by atoms with Gasteiger partial charge < -0.3 is 19.5 Å². The number of nitrogens with zero attached hydrogens (tertiary/aromatic N) is 5. The summed E-state index contributed by atoms with van der Waals surface area (Å²) in [6.45, 7) is 1.43. The van der Waals surface area contributed by atoms with E-state index in [9.17, 15) is 9.90 Å². The van der Waals surface area contributed by atoms with Gasteiger partial charge in [0.05, 0.1) is 35.1 Å². The van der Waals surface area contributed by atoms with Crippen LogP contribution < -0.4 is 4.90 Å². The van der Waals surface area contributed by atoms with E-state index in [0.29, 0.717) is 30.4 Å². The normalized spacial score (nSPS) is 26.0. The summed E-state index contributed by atoms with van der Waals surface area (Å²) in [6.07, 6.45) is 4.64. The number of amides is 1. The number of fused-ring (bicyclic) bond motifs is 2. The fraction of sp³-hybridized carbons (Fsp3) is 0.435. The minimum Gasteiger partial charge on any atom is -0.391 e. The third-order valence-electron chi connectivity index (χ3n) is 6.69. The van der Waals surface area contributed by atoms with Crippen LogP contribution in [-0.2, 0) is 0 Å². The van der Waals surface area contributed by atoms with Crippen molar-refractivity contribution in [3.05, 3.63) is 54.5 Å². The number of hydrogen-bond donors (Lipinski definition) is 1. The lowest BCUT2D eigenvalue weighted by Gasteiger charge is -2.36. The van der Waals surface area contributed by atoms with Gasteiger partial charge in [-0.05, 0) is 48.9 Å². The molecule has 2 aromatic heterocycles. The summed E-state index contributed by atoms with van der Waals surface area (Å²) in [7, 11) is 3.86. The van der Waals surface area contributed by atoms with Gasteiger partial charge in [0.25, 0.3) is 5.91 Å². The maximum atomic E-state index is 13.0. The lowest BCUT2D eigenvalue weighted by atomic mass is 9.77. The van der Waals surface area contributed by atoms with E-state index in [1.54, 1.807) is 6.20 Å². The Balaban J connectivity index is 1.32. The predicted octanol–water partition coefficient (Wildman–Crippen LogP) is 2.58. The van der Waals surface area contributed by atoms with Crippen LogP contribution in [0.5, 0.6) is 0 Å². The molecule has 7 nitrogen and oxygen atoms in total. The average molecular weight is 406 g/mol. The van der Waals surface area contributed by atoms with Crippen molar-refractivity contribution < 1.29 is 9.90 Å². The summed E-state index contributed by atoms with van der Waals surface area (Å²) >= 11 is 0. The van der Waals surface area contributed by atoms with Crippen molar-refractivity contribution in [2.24, 2.45) is 11.8 Å². The Morgan fingerprint density at radius 1 is 1.07 bits per heavy atom. The number of rotatable bonds is 3. The lowest BCUT2D eigenvalue weighted by Crippen LogP contribution is -2.36. The molecule has 0 radical (unpaired) electrons. The Kier molecular flexibility index (Phi) is 4.70. The van der Waals surface area contributed by atoms with Crippen LogP contribution in [0.4, 0.5) is 5.82 Å². The van der Waals surface area contributed by atoms with E-state index in [1.807, 2.05) is 60.6 Å². The molecule has 7 heteroatoms. The molecule has 1 N–H and O–H groups in total. The molecular weight excluding hydrogens is 378 g/mol. The number of benzene rings is 1. The van der Waals surface area contributed by atoms with E-state index in [2.05, 4.69) is 20.6 Å². The highest BCUT2D eigenvalue weighted by molar-refractivity contribution is 5.94. The molecule has 0 bridgehead atoms.